The Hall–Kier alpha value is -0.710. The van der Waals surface area contributed by atoms with Crippen molar-refractivity contribution >= 4 is 23.6 Å². The molecule has 1 heterocycles. The van der Waals surface area contributed by atoms with E-state index in [0.29, 0.717) is 6.42 Å². The molecule has 0 aromatic rings. The fourth-order valence-corrected chi connectivity index (χ4v) is 4.02. The average Bonchev–Trinajstić information content (AvgIpc) is 2.93. The van der Waals surface area contributed by atoms with Gasteiger partial charge in [0.25, 0.3) is 0 Å². The Morgan fingerprint density at radius 2 is 2.00 bits per heavy atom. The van der Waals surface area contributed by atoms with Crippen molar-refractivity contribution in [2.45, 2.75) is 64.0 Å². The normalized spacial score (nSPS) is 25.3. The quantitative estimate of drug-likeness (QED) is 0.765. The molecule has 2 aliphatic rings. The second-order valence-corrected chi connectivity index (χ2v) is 7.11. The lowest BCUT2D eigenvalue weighted by Gasteiger charge is -2.46. The number of nitrogens with one attached hydrogen (secondary N) is 1. The Bertz CT molecular complexity index is 367. The Labute approximate surface area is 126 Å². The van der Waals surface area contributed by atoms with E-state index in [9.17, 15) is 9.59 Å². The molecule has 1 saturated carbocycles. The molecule has 0 radical (unpaired) electrons. The van der Waals surface area contributed by atoms with E-state index >= 15 is 0 Å². The van der Waals surface area contributed by atoms with E-state index in [1.807, 2.05) is 23.6 Å². The van der Waals surface area contributed by atoms with Crippen molar-refractivity contribution in [3.8, 4) is 0 Å². The van der Waals surface area contributed by atoms with Crippen LogP contribution in [0, 0.1) is 0 Å². The topological polar surface area (TPSA) is 49.4 Å². The van der Waals surface area contributed by atoms with E-state index in [0.717, 1.165) is 50.2 Å². The largest absolute Gasteiger partial charge is 0.342 e. The van der Waals surface area contributed by atoms with Crippen LogP contribution in [0.4, 0.5) is 0 Å². The van der Waals surface area contributed by atoms with Crippen LogP contribution in [-0.4, -0.2) is 46.3 Å². The number of hydrogen-bond donors (Lipinski definition) is 1. The molecule has 2 rings (SSSR count). The third kappa shape index (κ3) is 2.83. The summed E-state index contributed by atoms with van der Waals surface area (Å²) in [6.07, 6.45) is 5.44. The van der Waals surface area contributed by atoms with E-state index in [-0.39, 0.29) is 17.9 Å². The maximum absolute atomic E-state index is 12.6. The Kier molecular flexibility index (Phi) is 5.35. The highest BCUT2D eigenvalue weighted by Crippen LogP contribution is 2.38. The second kappa shape index (κ2) is 6.83. The van der Waals surface area contributed by atoms with E-state index < -0.39 is 5.54 Å². The first-order valence-electron chi connectivity index (χ1n) is 7.86. The smallest absolute Gasteiger partial charge is 0.246 e. The van der Waals surface area contributed by atoms with E-state index in [4.69, 9.17) is 0 Å². The van der Waals surface area contributed by atoms with Gasteiger partial charge in [-0.1, -0.05) is 26.7 Å². The zero-order chi connectivity index (χ0) is 14.6. The molecule has 1 spiro atoms. The van der Waals surface area contributed by atoms with Gasteiger partial charge in [0, 0.05) is 6.54 Å². The second-order valence-electron chi connectivity index (χ2n) is 5.71. The Balaban J connectivity index is 2.11. The van der Waals surface area contributed by atoms with Crippen LogP contribution in [0.2, 0.25) is 0 Å². The molecule has 1 atom stereocenters. The van der Waals surface area contributed by atoms with E-state index in [1.165, 1.54) is 0 Å². The fraction of sp³-hybridized carbons (Fsp3) is 0.867. The van der Waals surface area contributed by atoms with Gasteiger partial charge in [0.1, 0.15) is 11.6 Å². The number of rotatable bonds is 6. The van der Waals surface area contributed by atoms with Gasteiger partial charge in [-0.25, -0.2) is 0 Å². The molecule has 1 N–H and O–H groups in total. The van der Waals surface area contributed by atoms with Crippen LogP contribution in [0.25, 0.3) is 0 Å². The van der Waals surface area contributed by atoms with Gasteiger partial charge in [-0.2, -0.15) is 11.8 Å². The minimum atomic E-state index is -0.528. The maximum atomic E-state index is 12.6. The number of piperazine rings is 1. The lowest BCUT2D eigenvalue weighted by molar-refractivity contribution is -0.157. The molecular formula is C15H26N2O2S. The van der Waals surface area contributed by atoms with Gasteiger partial charge in [-0.05, 0) is 37.2 Å². The number of amides is 2. The summed E-state index contributed by atoms with van der Waals surface area (Å²) < 4.78 is 0. The molecule has 0 aromatic carbocycles. The van der Waals surface area contributed by atoms with Crippen LogP contribution in [0.15, 0.2) is 0 Å². The minimum Gasteiger partial charge on any atom is -0.342 e. The molecule has 20 heavy (non-hydrogen) atoms. The molecule has 2 fully saturated rings. The van der Waals surface area contributed by atoms with Crippen LogP contribution in [0.3, 0.4) is 0 Å². The van der Waals surface area contributed by atoms with Crippen LogP contribution in [-0.2, 0) is 9.59 Å². The average molecular weight is 298 g/mol. The van der Waals surface area contributed by atoms with Gasteiger partial charge in [-0.15, -0.1) is 0 Å². The Morgan fingerprint density at radius 3 is 2.60 bits per heavy atom. The molecule has 114 valence electrons. The molecular weight excluding hydrogens is 272 g/mol. The van der Waals surface area contributed by atoms with Crippen molar-refractivity contribution in [2.24, 2.45) is 0 Å². The van der Waals surface area contributed by atoms with E-state index in [2.05, 4.69) is 12.2 Å². The molecule has 2 amide bonds. The van der Waals surface area contributed by atoms with Crippen LogP contribution < -0.4 is 5.32 Å². The first-order valence-corrected chi connectivity index (χ1v) is 9.01. The van der Waals surface area contributed by atoms with Crippen molar-refractivity contribution in [2.75, 3.05) is 18.1 Å². The number of hydrogen-bond acceptors (Lipinski definition) is 3. The molecule has 4 nitrogen and oxygen atoms in total. The van der Waals surface area contributed by atoms with Gasteiger partial charge in [0.15, 0.2) is 0 Å². The van der Waals surface area contributed by atoms with Crippen LogP contribution >= 0.6 is 11.8 Å². The van der Waals surface area contributed by atoms with Gasteiger partial charge in [0.2, 0.25) is 11.8 Å². The van der Waals surface area contributed by atoms with Crippen molar-refractivity contribution < 1.29 is 9.59 Å². The zero-order valence-electron chi connectivity index (χ0n) is 12.6. The summed E-state index contributed by atoms with van der Waals surface area (Å²) >= 11 is 1.90. The summed E-state index contributed by atoms with van der Waals surface area (Å²) in [7, 11) is 0. The summed E-state index contributed by atoms with van der Waals surface area (Å²) in [5.74, 6) is 2.39. The molecule has 1 aliphatic carbocycles. The summed E-state index contributed by atoms with van der Waals surface area (Å²) in [5.41, 5.74) is -0.528. The SMILES string of the molecule is CCSCCCN1C(=O)C(CC)NC(=O)C12CCCC2. The van der Waals surface area contributed by atoms with Crippen molar-refractivity contribution in [3.05, 3.63) is 0 Å². The van der Waals surface area contributed by atoms with Crippen LogP contribution in [0.5, 0.6) is 0 Å². The van der Waals surface area contributed by atoms with Gasteiger partial charge in [0.05, 0.1) is 0 Å². The standard InChI is InChI=1S/C15H26N2O2S/c1-3-12-13(18)17(10-7-11-20-4-2)15(14(19)16-12)8-5-6-9-15/h12H,3-11H2,1-2H3,(H,16,19). The summed E-state index contributed by atoms with van der Waals surface area (Å²) in [4.78, 5) is 27.1. The van der Waals surface area contributed by atoms with Gasteiger partial charge >= 0.3 is 0 Å². The molecule has 0 aromatic heterocycles. The molecule has 5 heteroatoms. The summed E-state index contributed by atoms with van der Waals surface area (Å²) in [6, 6.07) is -0.312. The molecule has 1 aliphatic heterocycles. The third-order valence-electron chi connectivity index (χ3n) is 4.52. The number of thioether (sulfide) groups is 1. The highest BCUT2D eigenvalue weighted by molar-refractivity contribution is 7.99. The number of nitrogens with zero attached hydrogens (tertiary/aromatic N) is 1. The summed E-state index contributed by atoms with van der Waals surface area (Å²) in [6.45, 7) is 4.84. The fourth-order valence-electron chi connectivity index (χ4n) is 3.40. The first-order chi connectivity index (χ1) is 9.65. The molecule has 0 bridgehead atoms. The van der Waals surface area contributed by atoms with Gasteiger partial charge < -0.3 is 10.2 Å². The lowest BCUT2D eigenvalue weighted by Crippen LogP contribution is -2.69. The maximum Gasteiger partial charge on any atom is 0.246 e. The Morgan fingerprint density at radius 1 is 1.30 bits per heavy atom. The monoisotopic (exact) mass is 298 g/mol. The van der Waals surface area contributed by atoms with Crippen molar-refractivity contribution in [3.63, 3.8) is 0 Å². The number of carbonyl (C=O) groups is 2. The molecule has 1 unspecified atom stereocenters. The zero-order valence-corrected chi connectivity index (χ0v) is 13.4. The van der Waals surface area contributed by atoms with Crippen molar-refractivity contribution in [1.82, 2.24) is 10.2 Å². The van der Waals surface area contributed by atoms with E-state index in [1.54, 1.807) is 0 Å². The van der Waals surface area contributed by atoms with Crippen LogP contribution in [0.1, 0.15) is 52.4 Å². The summed E-state index contributed by atoms with van der Waals surface area (Å²) in [5, 5.41) is 2.94. The predicted molar refractivity (Wildman–Crippen MR) is 82.7 cm³/mol. The number of carbonyl (C=O) groups excluding carboxylic acids is 2. The minimum absolute atomic E-state index is 0.0876. The first kappa shape index (κ1) is 15.7. The lowest BCUT2D eigenvalue weighted by atomic mass is 9.88. The highest BCUT2D eigenvalue weighted by atomic mass is 32.2. The predicted octanol–water partition coefficient (Wildman–Crippen LogP) is 2.18. The van der Waals surface area contributed by atoms with Crippen molar-refractivity contribution in [1.29, 1.82) is 0 Å². The third-order valence-corrected chi connectivity index (χ3v) is 5.51. The molecule has 1 saturated heterocycles. The van der Waals surface area contributed by atoms with Gasteiger partial charge in [-0.3, -0.25) is 9.59 Å². The highest BCUT2D eigenvalue weighted by Gasteiger charge is 2.52.